The number of amides is 3. The molecule has 3 heterocycles. The lowest BCUT2D eigenvalue weighted by Crippen LogP contribution is -2.52. The van der Waals surface area contributed by atoms with Crippen LogP contribution in [0.5, 0.6) is 0 Å². The maximum absolute atomic E-state index is 13.6. The molecule has 0 aliphatic carbocycles. The van der Waals surface area contributed by atoms with Crippen LogP contribution in [0.1, 0.15) is 16.1 Å². The molecule has 7 nitrogen and oxygen atoms in total. The Morgan fingerprint density at radius 3 is 2.88 bits per heavy atom. The zero-order valence-electron chi connectivity index (χ0n) is 17.7. The van der Waals surface area contributed by atoms with Crippen molar-refractivity contribution in [3.63, 3.8) is 0 Å². The van der Waals surface area contributed by atoms with E-state index in [2.05, 4.69) is 16.7 Å². The van der Waals surface area contributed by atoms with Gasteiger partial charge in [-0.25, -0.2) is 9.69 Å². The van der Waals surface area contributed by atoms with Crippen molar-refractivity contribution in [2.24, 2.45) is 0 Å². The Bertz CT molecular complexity index is 1280. The van der Waals surface area contributed by atoms with Crippen LogP contribution in [0.4, 0.5) is 10.5 Å². The molecule has 0 unspecified atom stereocenters. The molecule has 7 heteroatoms. The molecular formula is C25H23N5O2. The standard InChI is InChI=1S/C25H23N5O2/c1-26-24(31)18-7-4-9-21(14-18)30-23-19(8-5-13-27-23)15-29(25(30)32)16-20-12-11-17-6-2-3-10-22(17)28-20/h2-12,14,27H,13,15-16H2,1H3,(H,26,31). The van der Waals surface area contributed by atoms with Crippen LogP contribution in [-0.4, -0.2) is 42.0 Å². The second-order valence-corrected chi connectivity index (χ2v) is 7.76. The topological polar surface area (TPSA) is 77.6 Å². The van der Waals surface area contributed by atoms with Crippen molar-refractivity contribution in [2.45, 2.75) is 6.54 Å². The third-order valence-electron chi connectivity index (χ3n) is 5.66. The number of hydrogen-bond acceptors (Lipinski definition) is 4. The van der Waals surface area contributed by atoms with Gasteiger partial charge in [-0.15, -0.1) is 0 Å². The number of urea groups is 1. The molecule has 2 N–H and O–H groups in total. The number of nitrogens with zero attached hydrogens (tertiary/aromatic N) is 3. The number of benzene rings is 2. The first-order valence-electron chi connectivity index (χ1n) is 10.5. The summed E-state index contributed by atoms with van der Waals surface area (Å²) in [6.07, 6.45) is 4.09. The monoisotopic (exact) mass is 425 g/mol. The highest BCUT2D eigenvalue weighted by molar-refractivity contribution is 6.00. The Hall–Kier alpha value is -4.13. The Balaban J connectivity index is 1.51. The van der Waals surface area contributed by atoms with Crippen LogP contribution >= 0.6 is 0 Å². The first kappa shape index (κ1) is 19.8. The number of carbonyl (C=O) groups is 2. The predicted molar refractivity (Wildman–Crippen MR) is 124 cm³/mol. The summed E-state index contributed by atoms with van der Waals surface area (Å²) in [5.41, 5.74) is 3.89. The van der Waals surface area contributed by atoms with E-state index in [-0.39, 0.29) is 11.9 Å². The van der Waals surface area contributed by atoms with Gasteiger partial charge in [0.25, 0.3) is 5.91 Å². The van der Waals surface area contributed by atoms with Crippen molar-refractivity contribution in [3.05, 3.63) is 95.5 Å². The van der Waals surface area contributed by atoms with Gasteiger partial charge in [-0.3, -0.25) is 9.78 Å². The van der Waals surface area contributed by atoms with E-state index in [9.17, 15) is 9.59 Å². The molecule has 2 aliphatic heterocycles. The van der Waals surface area contributed by atoms with Crippen molar-refractivity contribution in [1.29, 1.82) is 0 Å². The summed E-state index contributed by atoms with van der Waals surface area (Å²) in [6.45, 7) is 1.52. The highest BCUT2D eigenvalue weighted by Crippen LogP contribution is 2.29. The summed E-state index contributed by atoms with van der Waals surface area (Å²) < 4.78 is 0. The van der Waals surface area contributed by atoms with E-state index in [1.54, 1.807) is 35.0 Å². The van der Waals surface area contributed by atoms with Gasteiger partial charge in [-0.05, 0) is 30.3 Å². The van der Waals surface area contributed by atoms with Gasteiger partial charge < -0.3 is 15.5 Å². The smallest absolute Gasteiger partial charge is 0.330 e. The van der Waals surface area contributed by atoms with Crippen LogP contribution in [0.2, 0.25) is 0 Å². The average molecular weight is 425 g/mol. The Kier molecular flexibility index (Phi) is 5.07. The third-order valence-corrected chi connectivity index (χ3v) is 5.66. The minimum Gasteiger partial charge on any atom is -0.367 e. The molecule has 160 valence electrons. The molecule has 0 saturated heterocycles. The minimum absolute atomic E-state index is 0.157. The summed E-state index contributed by atoms with van der Waals surface area (Å²) in [4.78, 5) is 33.9. The number of aromatic nitrogens is 1. The van der Waals surface area contributed by atoms with Gasteiger partial charge in [0, 0.05) is 30.1 Å². The fraction of sp³-hybridized carbons (Fsp3) is 0.160. The number of para-hydroxylation sites is 1. The number of hydrogen-bond donors (Lipinski definition) is 2. The lowest BCUT2D eigenvalue weighted by Gasteiger charge is -2.39. The zero-order valence-corrected chi connectivity index (χ0v) is 17.7. The lowest BCUT2D eigenvalue weighted by atomic mass is 10.1. The maximum atomic E-state index is 13.6. The zero-order chi connectivity index (χ0) is 22.1. The number of anilines is 1. The molecule has 0 spiro atoms. The summed E-state index contributed by atoms with van der Waals surface area (Å²) in [7, 11) is 1.59. The molecule has 2 aliphatic rings. The summed E-state index contributed by atoms with van der Waals surface area (Å²) in [5.74, 6) is 0.563. The second kappa shape index (κ2) is 8.19. The van der Waals surface area contributed by atoms with Crippen LogP contribution < -0.4 is 15.5 Å². The van der Waals surface area contributed by atoms with Gasteiger partial charge >= 0.3 is 6.03 Å². The van der Waals surface area contributed by atoms with Crippen molar-refractivity contribution in [2.75, 3.05) is 25.0 Å². The first-order chi connectivity index (χ1) is 15.6. The van der Waals surface area contributed by atoms with E-state index >= 15 is 0 Å². The number of fused-ring (bicyclic) bond motifs is 1. The Morgan fingerprint density at radius 1 is 1.12 bits per heavy atom. The summed E-state index contributed by atoms with van der Waals surface area (Å²) in [6, 6.07) is 18.9. The van der Waals surface area contributed by atoms with Gasteiger partial charge in [0.2, 0.25) is 0 Å². The van der Waals surface area contributed by atoms with E-state index in [1.807, 2.05) is 48.5 Å². The van der Waals surface area contributed by atoms with Crippen LogP contribution in [0.25, 0.3) is 10.9 Å². The number of nitrogens with one attached hydrogen (secondary N) is 2. The molecule has 3 aromatic rings. The van der Waals surface area contributed by atoms with Crippen LogP contribution in [0, 0.1) is 0 Å². The molecule has 0 radical (unpaired) electrons. The van der Waals surface area contributed by atoms with Gasteiger partial charge in [0.05, 0.1) is 30.0 Å². The van der Waals surface area contributed by atoms with Crippen molar-refractivity contribution in [3.8, 4) is 0 Å². The molecule has 2 aromatic carbocycles. The van der Waals surface area contributed by atoms with Gasteiger partial charge in [0.1, 0.15) is 5.82 Å². The third kappa shape index (κ3) is 3.58. The summed E-state index contributed by atoms with van der Waals surface area (Å²) >= 11 is 0. The summed E-state index contributed by atoms with van der Waals surface area (Å²) in [5, 5.41) is 7.03. The number of dihydropyridines is 1. The maximum Gasteiger partial charge on any atom is 0.330 e. The molecule has 0 bridgehead atoms. The van der Waals surface area contributed by atoms with E-state index in [1.165, 1.54) is 0 Å². The fourth-order valence-corrected chi connectivity index (χ4v) is 4.10. The molecule has 0 atom stereocenters. The number of pyridine rings is 1. The SMILES string of the molecule is CNC(=O)c1cccc(N2C(=O)N(Cc3ccc4ccccc4n3)CC3=C2NCC=C3)c1. The van der Waals surface area contributed by atoms with Crippen molar-refractivity contribution < 1.29 is 9.59 Å². The highest BCUT2D eigenvalue weighted by Gasteiger charge is 2.34. The molecule has 1 aromatic heterocycles. The van der Waals surface area contributed by atoms with Gasteiger partial charge in [-0.2, -0.15) is 0 Å². The largest absolute Gasteiger partial charge is 0.367 e. The van der Waals surface area contributed by atoms with Crippen molar-refractivity contribution >= 4 is 28.5 Å². The number of carbonyl (C=O) groups excluding carboxylic acids is 2. The Morgan fingerprint density at radius 2 is 2.00 bits per heavy atom. The van der Waals surface area contributed by atoms with E-state index in [0.717, 1.165) is 28.0 Å². The van der Waals surface area contributed by atoms with Crippen LogP contribution in [0.15, 0.2) is 84.2 Å². The minimum atomic E-state index is -0.195. The quantitative estimate of drug-likeness (QED) is 0.672. The molecule has 0 fully saturated rings. The second-order valence-electron chi connectivity index (χ2n) is 7.76. The molecular weight excluding hydrogens is 402 g/mol. The highest BCUT2D eigenvalue weighted by atomic mass is 16.2. The Labute approximate surface area is 186 Å². The normalized spacial score (nSPS) is 15.6. The van der Waals surface area contributed by atoms with Crippen LogP contribution in [0.3, 0.4) is 0 Å². The average Bonchev–Trinajstić information content (AvgIpc) is 2.84. The van der Waals surface area contributed by atoms with E-state index < -0.39 is 0 Å². The molecule has 5 rings (SSSR count). The van der Waals surface area contributed by atoms with Gasteiger partial charge in [0.15, 0.2) is 0 Å². The number of rotatable bonds is 4. The molecule has 3 amide bonds. The predicted octanol–water partition coefficient (Wildman–Crippen LogP) is 3.41. The van der Waals surface area contributed by atoms with E-state index in [0.29, 0.717) is 30.9 Å². The van der Waals surface area contributed by atoms with Gasteiger partial charge in [-0.1, -0.05) is 42.5 Å². The fourth-order valence-electron chi connectivity index (χ4n) is 4.10. The molecule has 0 saturated carbocycles. The van der Waals surface area contributed by atoms with Crippen LogP contribution in [-0.2, 0) is 6.54 Å². The first-order valence-corrected chi connectivity index (χ1v) is 10.5. The molecule has 32 heavy (non-hydrogen) atoms. The van der Waals surface area contributed by atoms with Crippen molar-refractivity contribution in [1.82, 2.24) is 20.5 Å². The lowest BCUT2D eigenvalue weighted by molar-refractivity contribution is 0.0963. The van der Waals surface area contributed by atoms with E-state index in [4.69, 9.17) is 4.98 Å².